The second kappa shape index (κ2) is 7.62. The maximum atomic E-state index is 13.6. The van der Waals surface area contributed by atoms with Gasteiger partial charge in [0.15, 0.2) is 0 Å². The number of hydrogen-bond donors (Lipinski definition) is 0. The Hall–Kier alpha value is -0.690. The van der Waals surface area contributed by atoms with Gasteiger partial charge in [0.05, 0.1) is 0 Å². The standard InChI is InChI=1S/C11H12BrF10N2O2P/c1-23-5-6-24(4-2-3-12)7(23)26-27(25,10(19,20)8(13,14)15)11(21,22)9(16,17)18/h5-7H,2-4H2,1H3. The molecule has 160 valence electrons. The first-order chi connectivity index (χ1) is 11.9. The van der Waals surface area contributed by atoms with E-state index in [2.05, 4.69) is 20.5 Å². The minimum Gasteiger partial charge on any atom is -0.337 e. The van der Waals surface area contributed by atoms with E-state index in [-0.39, 0.29) is 18.3 Å². The van der Waals surface area contributed by atoms with E-state index in [0.717, 1.165) is 24.3 Å². The van der Waals surface area contributed by atoms with Crippen molar-refractivity contribution >= 4 is 23.3 Å². The number of nitrogens with zero attached hydrogens (tertiary/aromatic N) is 2. The molecule has 0 radical (unpaired) electrons. The molecule has 0 aliphatic carbocycles. The third kappa shape index (κ3) is 4.19. The summed E-state index contributed by atoms with van der Waals surface area (Å²) in [6, 6.07) is 0. The van der Waals surface area contributed by atoms with Gasteiger partial charge >= 0.3 is 31.0 Å². The van der Waals surface area contributed by atoms with E-state index in [1.165, 1.54) is 0 Å². The SMILES string of the molecule is CN1C=CN(CCCBr)C1OP(=O)(C(F)(F)C(F)(F)F)C(F)(F)C(F)(F)F. The molecule has 0 aromatic rings. The van der Waals surface area contributed by atoms with Crippen molar-refractivity contribution in [3.63, 3.8) is 0 Å². The average molecular weight is 505 g/mol. The zero-order chi connectivity index (χ0) is 21.5. The van der Waals surface area contributed by atoms with Crippen molar-refractivity contribution in [2.45, 2.75) is 36.5 Å². The van der Waals surface area contributed by atoms with Crippen LogP contribution in [0, 0.1) is 0 Å². The van der Waals surface area contributed by atoms with E-state index in [0.29, 0.717) is 4.90 Å². The van der Waals surface area contributed by atoms with Crippen LogP contribution in [-0.2, 0) is 9.09 Å². The second-order valence-corrected chi connectivity index (χ2v) is 8.54. The molecule has 4 nitrogen and oxygen atoms in total. The van der Waals surface area contributed by atoms with Gasteiger partial charge in [-0.05, 0) is 6.42 Å². The molecule has 0 bridgehead atoms. The summed E-state index contributed by atoms with van der Waals surface area (Å²) in [7, 11) is -7.13. The summed E-state index contributed by atoms with van der Waals surface area (Å²) in [5, 5.41) is 0.281. The molecule has 0 amide bonds. The average Bonchev–Trinajstić information content (AvgIpc) is 2.83. The first kappa shape index (κ1) is 24.3. The Kier molecular flexibility index (Phi) is 6.87. The second-order valence-electron chi connectivity index (χ2n) is 5.31. The van der Waals surface area contributed by atoms with E-state index in [1.807, 2.05) is 0 Å². The molecule has 1 rings (SSSR count). The van der Waals surface area contributed by atoms with Gasteiger partial charge in [0, 0.05) is 31.3 Å². The van der Waals surface area contributed by atoms with E-state index in [9.17, 15) is 48.5 Å². The van der Waals surface area contributed by atoms with Crippen LogP contribution in [0.3, 0.4) is 0 Å². The number of halogens is 11. The van der Waals surface area contributed by atoms with Crippen LogP contribution in [0.25, 0.3) is 0 Å². The zero-order valence-corrected chi connectivity index (χ0v) is 15.6. The Morgan fingerprint density at radius 3 is 1.78 bits per heavy atom. The van der Waals surface area contributed by atoms with Crippen molar-refractivity contribution in [2.24, 2.45) is 0 Å². The smallest absolute Gasteiger partial charge is 0.337 e. The summed E-state index contributed by atoms with van der Waals surface area (Å²) in [6.07, 6.45) is -14.1. The normalized spacial score (nSPS) is 19.9. The molecule has 1 aliphatic rings. The maximum Gasteiger partial charge on any atom is 0.463 e. The number of hydrogen-bond acceptors (Lipinski definition) is 4. The van der Waals surface area contributed by atoms with Gasteiger partial charge in [0.25, 0.3) is 0 Å². The Labute approximate surface area is 154 Å². The van der Waals surface area contributed by atoms with Gasteiger partial charge in [-0.25, -0.2) is 0 Å². The van der Waals surface area contributed by atoms with Crippen LogP contribution < -0.4 is 0 Å². The van der Waals surface area contributed by atoms with Gasteiger partial charge in [-0.15, -0.1) is 0 Å². The highest BCUT2D eigenvalue weighted by atomic mass is 79.9. The molecule has 1 atom stereocenters. The lowest BCUT2D eigenvalue weighted by atomic mass is 10.4. The molecule has 0 saturated carbocycles. The largest absolute Gasteiger partial charge is 0.463 e. The molecule has 1 heterocycles. The molecule has 0 fully saturated rings. The fraction of sp³-hybridized carbons (Fsp3) is 0.818. The van der Waals surface area contributed by atoms with Gasteiger partial charge in [0.2, 0.25) is 6.35 Å². The highest BCUT2D eigenvalue weighted by Crippen LogP contribution is 2.78. The first-order valence-electron chi connectivity index (χ1n) is 6.83. The minimum absolute atomic E-state index is 0.188. The van der Waals surface area contributed by atoms with Crippen LogP contribution in [0.15, 0.2) is 12.4 Å². The highest BCUT2D eigenvalue weighted by molar-refractivity contribution is 9.09. The van der Waals surface area contributed by atoms with Gasteiger partial charge < -0.3 is 9.80 Å². The predicted octanol–water partition coefficient (Wildman–Crippen LogP) is 5.38. The van der Waals surface area contributed by atoms with Crippen molar-refractivity contribution in [2.75, 3.05) is 18.9 Å². The predicted molar refractivity (Wildman–Crippen MR) is 76.5 cm³/mol. The zero-order valence-electron chi connectivity index (χ0n) is 13.2. The van der Waals surface area contributed by atoms with Crippen LogP contribution in [0.2, 0.25) is 0 Å². The summed E-state index contributed by atoms with van der Waals surface area (Å²) in [4.78, 5) is 1.38. The maximum absolute atomic E-state index is 13.6. The van der Waals surface area contributed by atoms with Crippen molar-refractivity contribution in [1.29, 1.82) is 0 Å². The lowest BCUT2D eigenvalue weighted by Crippen LogP contribution is -2.51. The summed E-state index contributed by atoms with van der Waals surface area (Å²) < 4.78 is 146. The molecule has 0 aromatic heterocycles. The van der Waals surface area contributed by atoms with E-state index in [1.54, 1.807) is 0 Å². The van der Waals surface area contributed by atoms with Gasteiger partial charge in [-0.1, -0.05) is 15.9 Å². The summed E-state index contributed by atoms with van der Waals surface area (Å²) in [5.41, 5.74) is -13.9. The van der Waals surface area contributed by atoms with Crippen LogP contribution in [0.1, 0.15) is 6.42 Å². The molecular weight excluding hydrogens is 493 g/mol. The Bertz CT molecular complexity index is 579. The molecular formula is C11H12BrF10N2O2P. The summed E-state index contributed by atoms with van der Waals surface area (Å²) in [5.74, 6) is 0. The first-order valence-corrected chi connectivity index (χ1v) is 9.58. The Balaban J connectivity index is 3.46. The van der Waals surface area contributed by atoms with E-state index >= 15 is 0 Å². The molecule has 0 N–H and O–H groups in total. The lowest BCUT2D eigenvalue weighted by Gasteiger charge is -2.39. The highest BCUT2D eigenvalue weighted by Gasteiger charge is 2.85. The van der Waals surface area contributed by atoms with E-state index < -0.39 is 37.4 Å². The van der Waals surface area contributed by atoms with Crippen molar-refractivity contribution in [3.8, 4) is 0 Å². The number of rotatable bonds is 7. The summed E-state index contributed by atoms with van der Waals surface area (Å²) >= 11 is 2.97. The Morgan fingerprint density at radius 2 is 1.41 bits per heavy atom. The van der Waals surface area contributed by atoms with Crippen LogP contribution in [-0.4, -0.2) is 58.8 Å². The molecule has 0 aromatic carbocycles. The Morgan fingerprint density at radius 1 is 0.963 bits per heavy atom. The third-order valence-electron chi connectivity index (χ3n) is 3.34. The third-order valence-corrected chi connectivity index (χ3v) is 6.37. The molecule has 1 unspecified atom stereocenters. The number of alkyl halides is 11. The minimum atomic E-state index is -8.08. The van der Waals surface area contributed by atoms with Crippen LogP contribution in [0.5, 0.6) is 0 Å². The topological polar surface area (TPSA) is 32.8 Å². The molecule has 16 heteroatoms. The summed E-state index contributed by atoms with van der Waals surface area (Å²) in [6.45, 7) is -0.189. The molecule has 0 saturated heterocycles. The van der Waals surface area contributed by atoms with Crippen molar-refractivity contribution < 1.29 is 53.0 Å². The molecule has 27 heavy (non-hydrogen) atoms. The molecule has 1 aliphatic heterocycles. The van der Waals surface area contributed by atoms with Crippen molar-refractivity contribution in [1.82, 2.24) is 9.80 Å². The van der Waals surface area contributed by atoms with Gasteiger partial charge in [0.1, 0.15) is 0 Å². The van der Waals surface area contributed by atoms with Gasteiger partial charge in [-0.3, -0.25) is 9.09 Å². The van der Waals surface area contributed by atoms with E-state index in [4.69, 9.17) is 0 Å². The fourth-order valence-corrected chi connectivity index (χ4v) is 3.98. The van der Waals surface area contributed by atoms with Crippen LogP contribution in [0.4, 0.5) is 43.9 Å². The molecule has 0 spiro atoms. The fourth-order valence-electron chi connectivity index (χ4n) is 1.91. The van der Waals surface area contributed by atoms with Crippen molar-refractivity contribution in [3.05, 3.63) is 12.4 Å². The van der Waals surface area contributed by atoms with Crippen LogP contribution >= 0.6 is 23.3 Å². The quantitative estimate of drug-likeness (QED) is 0.265. The van der Waals surface area contributed by atoms with Gasteiger partial charge in [-0.2, -0.15) is 43.9 Å². The lowest BCUT2D eigenvalue weighted by molar-refractivity contribution is -0.275. The monoisotopic (exact) mass is 504 g/mol.